The molecule has 0 spiro atoms. The molecule has 0 aliphatic heterocycles. The van der Waals surface area contributed by atoms with Crippen LogP contribution in [0.3, 0.4) is 0 Å². The highest BCUT2D eigenvalue weighted by molar-refractivity contribution is 5.91. The van der Waals surface area contributed by atoms with Gasteiger partial charge in [0.25, 0.3) is 0 Å². The summed E-state index contributed by atoms with van der Waals surface area (Å²) in [7, 11) is 2.91. The molecule has 0 heterocycles. The van der Waals surface area contributed by atoms with Crippen LogP contribution >= 0.6 is 0 Å². The van der Waals surface area contributed by atoms with E-state index in [9.17, 15) is 9.59 Å². The van der Waals surface area contributed by atoms with Gasteiger partial charge in [-0.05, 0) is 23.8 Å². The van der Waals surface area contributed by atoms with Crippen LogP contribution in [0.5, 0.6) is 5.75 Å². The van der Waals surface area contributed by atoms with Crippen molar-refractivity contribution in [1.82, 2.24) is 5.32 Å². The van der Waals surface area contributed by atoms with Crippen LogP contribution in [0.15, 0.2) is 30.3 Å². The van der Waals surface area contributed by atoms with Gasteiger partial charge in [-0.3, -0.25) is 9.59 Å². The van der Waals surface area contributed by atoms with E-state index in [2.05, 4.69) is 10.1 Å². The Kier molecular flexibility index (Phi) is 6.15. The predicted octanol–water partition coefficient (Wildman–Crippen LogP) is 1.39. The van der Waals surface area contributed by atoms with Crippen LogP contribution in [0, 0.1) is 0 Å². The first-order valence-corrected chi connectivity index (χ1v) is 5.82. The molecule has 0 atom stereocenters. The number of amides is 1. The molecule has 19 heavy (non-hydrogen) atoms. The maximum absolute atomic E-state index is 11.4. The van der Waals surface area contributed by atoms with Crippen LogP contribution in [0.1, 0.15) is 12.0 Å². The van der Waals surface area contributed by atoms with Gasteiger partial charge in [-0.2, -0.15) is 0 Å². The highest BCUT2D eigenvalue weighted by Gasteiger charge is 2.00. The SMILES string of the molecule is COC(=O)CCNC(=O)/C=C/c1ccc(OC)cc1. The largest absolute Gasteiger partial charge is 0.497 e. The first kappa shape index (κ1) is 14.8. The second-order valence-electron chi connectivity index (χ2n) is 3.72. The first-order chi connectivity index (χ1) is 9.15. The fourth-order valence-corrected chi connectivity index (χ4v) is 1.34. The minimum atomic E-state index is -0.348. The predicted molar refractivity (Wildman–Crippen MR) is 71.7 cm³/mol. The molecule has 1 aromatic rings. The van der Waals surface area contributed by atoms with Crippen LogP contribution in [0.4, 0.5) is 0 Å². The number of benzene rings is 1. The summed E-state index contributed by atoms with van der Waals surface area (Å²) < 4.78 is 9.50. The molecular weight excluding hydrogens is 246 g/mol. The number of esters is 1. The Morgan fingerprint density at radius 3 is 2.47 bits per heavy atom. The van der Waals surface area contributed by atoms with E-state index in [4.69, 9.17) is 4.74 Å². The summed E-state index contributed by atoms with van der Waals surface area (Å²) in [4.78, 5) is 22.3. The number of rotatable bonds is 6. The molecule has 0 radical (unpaired) electrons. The maximum atomic E-state index is 11.4. The zero-order chi connectivity index (χ0) is 14.1. The van der Waals surface area contributed by atoms with Crippen molar-refractivity contribution in [3.05, 3.63) is 35.9 Å². The molecule has 0 aliphatic carbocycles. The molecule has 0 aromatic heterocycles. The molecule has 102 valence electrons. The molecular formula is C14H17NO4. The van der Waals surface area contributed by atoms with Gasteiger partial charge in [0.1, 0.15) is 5.75 Å². The molecule has 0 unspecified atom stereocenters. The number of ether oxygens (including phenoxy) is 2. The van der Waals surface area contributed by atoms with Crippen molar-refractivity contribution < 1.29 is 19.1 Å². The minimum absolute atomic E-state index is 0.165. The van der Waals surface area contributed by atoms with Crippen molar-refractivity contribution in [3.8, 4) is 5.75 Å². The Hall–Kier alpha value is -2.30. The number of hydrogen-bond donors (Lipinski definition) is 1. The molecule has 0 aliphatic rings. The van der Waals surface area contributed by atoms with Crippen molar-refractivity contribution in [1.29, 1.82) is 0 Å². The molecule has 1 rings (SSSR count). The molecule has 1 amide bonds. The molecule has 5 heteroatoms. The zero-order valence-electron chi connectivity index (χ0n) is 11.0. The lowest BCUT2D eigenvalue weighted by Crippen LogP contribution is -2.24. The van der Waals surface area contributed by atoms with Crippen molar-refractivity contribution in [3.63, 3.8) is 0 Å². The van der Waals surface area contributed by atoms with Gasteiger partial charge in [0.05, 0.1) is 20.6 Å². The first-order valence-electron chi connectivity index (χ1n) is 5.82. The van der Waals surface area contributed by atoms with E-state index < -0.39 is 0 Å². The Bertz CT molecular complexity index is 451. The Morgan fingerprint density at radius 1 is 1.21 bits per heavy atom. The highest BCUT2D eigenvalue weighted by atomic mass is 16.5. The van der Waals surface area contributed by atoms with Crippen LogP contribution in [-0.2, 0) is 14.3 Å². The summed E-state index contributed by atoms with van der Waals surface area (Å²) in [6, 6.07) is 7.32. The van der Waals surface area contributed by atoms with Gasteiger partial charge in [0, 0.05) is 12.6 Å². The minimum Gasteiger partial charge on any atom is -0.497 e. The van der Waals surface area contributed by atoms with Crippen LogP contribution in [0.2, 0.25) is 0 Å². The van der Waals surface area contributed by atoms with Gasteiger partial charge in [0.2, 0.25) is 5.91 Å². The average molecular weight is 263 g/mol. The third-order valence-electron chi connectivity index (χ3n) is 2.40. The summed E-state index contributed by atoms with van der Waals surface area (Å²) in [5.74, 6) is 0.166. The lowest BCUT2D eigenvalue weighted by molar-refractivity contribution is -0.140. The zero-order valence-corrected chi connectivity index (χ0v) is 11.0. The molecule has 0 saturated carbocycles. The Morgan fingerprint density at radius 2 is 1.89 bits per heavy atom. The quantitative estimate of drug-likeness (QED) is 0.622. The van der Waals surface area contributed by atoms with Gasteiger partial charge in [-0.15, -0.1) is 0 Å². The van der Waals surface area contributed by atoms with Crippen molar-refractivity contribution in [2.24, 2.45) is 0 Å². The highest BCUT2D eigenvalue weighted by Crippen LogP contribution is 2.12. The number of methoxy groups -OCH3 is 2. The third kappa shape index (κ3) is 5.72. The van der Waals surface area contributed by atoms with E-state index >= 15 is 0 Å². The lowest BCUT2D eigenvalue weighted by Gasteiger charge is -2.01. The van der Waals surface area contributed by atoms with E-state index in [1.807, 2.05) is 24.3 Å². The van der Waals surface area contributed by atoms with Crippen molar-refractivity contribution in [2.75, 3.05) is 20.8 Å². The van der Waals surface area contributed by atoms with Gasteiger partial charge in [-0.1, -0.05) is 12.1 Å². The third-order valence-corrected chi connectivity index (χ3v) is 2.40. The second kappa shape index (κ2) is 7.92. The van der Waals surface area contributed by atoms with E-state index in [1.54, 1.807) is 13.2 Å². The van der Waals surface area contributed by atoms with Crippen molar-refractivity contribution in [2.45, 2.75) is 6.42 Å². The smallest absolute Gasteiger partial charge is 0.307 e. The van der Waals surface area contributed by atoms with Crippen LogP contribution in [0.25, 0.3) is 6.08 Å². The number of carbonyl (C=O) groups is 2. The van der Waals surface area contributed by atoms with Gasteiger partial charge in [-0.25, -0.2) is 0 Å². The molecule has 1 N–H and O–H groups in total. The molecule has 5 nitrogen and oxygen atoms in total. The maximum Gasteiger partial charge on any atom is 0.307 e. The number of carbonyl (C=O) groups excluding carboxylic acids is 2. The van der Waals surface area contributed by atoms with E-state index in [-0.39, 0.29) is 24.8 Å². The standard InChI is InChI=1S/C14H17NO4/c1-18-12-6-3-11(4-7-12)5-8-13(16)15-10-9-14(17)19-2/h3-8H,9-10H2,1-2H3,(H,15,16)/b8-5+. The number of hydrogen-bond acceptors (Lipinski definition) is 4. The molecule has 0 fully saturated rings. The fourth-order valence-electron chi connectivity index (χ4n) is 1.34. The topological polar surface area (TPSA) is 64.6 Å². The summed E-state index contributed by atoms with van der Waals surface area (Å²) in [5, 5.41) is 2.59. The van der Waals surface area contributed by atoms with Crippen LogP contribution < -0.4 is 10.1 Å². The normalized spacial score (nSPS) is 10.2. The van der Waals surface area contributed by atoms with Gasteiger partial charge in [0.15, 0.2) is 0 Å². The average Bonchev–Trinajstić information content (AvgIpc) is 2.45. The summed E-state index contributed by atoms with van der Waals surface area (Å²) >= 11 is 0. The molecule has 0 saturated heterocycles. The van der Waals surface area contributed by atoms with Crippen LogP contribution in [-0.4, -0.2) is 32.6 Å². The van der Waals surface area contributed by atoms with Crippen molar-refractivity contribution >= 4 is 18.0 Å². The monoisotopic (exact) mass is 263 g/mol. The Labute approximate surface area is 112 Å². The summed E-state index contributed by atoms with van der Waals surface area (Å²) in [6.45, 7) is 0.262. The summed E-state index contributed by atoms with van der Waals surface area (Å²) in [6.07, 6.45) is 3.27. The lowest BCUT2D eigenvalue weighted by atomic mass is 10.2. The van der Waals surface area contributed by atoms with E-state index in [0.717, 1.165) is 11.3 Å². The molecule has 0 bridgehead atoms. The van der Waals surface area contributed by atoms with E-state index in [1.165, 1.54) is 13.2 Å². The molecule has 1 aromatic carbocycles. The fraction of sp³-hybridized carbons (Fsp3) is 0.286. The Balaban J connectivity index is 2.38. The number of nitrogens with one attached hydrogen (secondary N) is 1. The second-order valence-corrected chi connectivity index (χ2v) is 3.72. The summed E-state index contributed by atoms with van der Waals surface area (Å²) in [5.41, 5.74) is 0.893. The van der Waals surface area contributed by atoms with Gasteiger partial charge < -0.3 is 14.8 Å². The van der Waals surface area contributed by atoms with Gasteiger partial charge >= 0.3 is 5.97 Å². The van der Waals surface area contributed by atoms with E-state index in [0.29, 0.717) is 0 Å².